The molecule has 0 aliphatic heterocycles. The van der Waals surface area contributed by atoms with Crippen molar-refractivity contribution in [2.24, 2.45) is 0 Å². The van der Waals surface area contributed by atoms with Gasteiger partial charge in [-0.15, -0.1) is 0 Å². The van der Waals surface area contributed by atoms with Gasteiger partial charge in [0.05, 0.1) is 23.8 Å². The third-order valence-corrected chi connectivity index (χ3v) is 3.49. The van der Waals surface area contributed by atoms with Crippen molar-refractivity contribution in [3.05, 3.63) is 65.2 Å². The van der Waals surface area contributed by atoms with E-state index in [9.17, 15) is 18.0 Å². The highest BCUT2D eigenvalue weighted by Gasteiger charge is 2.30. The van der Waals surface area contributed by atoms with Gasteiger partial charge in [0, 0.05) is 0 Å². The number of amides is 1. The highest BCUT2D eigenvalue weighted by atomic mass is 19.4. The first-order valence-corrected chi connectivity index (χ1v) is 7.52. The SMILES string of the molecule is CCOc1ccccc1C(=O)NC(C)c1cccc(C(F)(F)F)c1. The fraction of sp³-hybridized carbons (Fsp3) is 0.278. The molecule has 3 nitrogen and oxygen atoms in total. The van der Waals surface area contributed by atoms with Crippen LogP contribution >= 0.6 is 0 Å². The molecule has 0 aliphatic carbocycles. The highest BCUT2D eigenvalue weighted by molar-refractivity contribution is 5.97. The van der Waals surface area contributed by atoms with E-state index in [0.717, 1.165) is 12.1 Å². The summed E-state index contributed by atoms with van der Waals surface area (Å²) < 4.78 is 43.8. The molecule has 0 saturated heterocycles. The standard InChI is InChI=1S/C18H18F3NO2/c1-3-24-16-10-5-4-9-15(16)17(23)22-12(2)13-7-6-8-14(11-13)18(19,20)21/h4-12H,3H2,1-2H3,(H,22,23). The van der Waals surface area contributed by atoms with Crippen LogP contribution in [0.1, 0.15) is 41.4 Å². The first-order valence-electron chi connectivity index (χ1n) is 7.52. The van der Waals surface area contributed by atoms with Gasteiger partial charge in [0.15, 0.2) is 0 Å². The quantitative estimate of drug-likeness (QED) is 0.866. The summed E-state index contributed by atoms with van der Waals surface area (Å²) in [5.74, 6) is 0.0395. The fourth-order valence-electron chi connectivity index (χ4n) is 2.28. The number of benzene rings is 2. The molecule has 0 fully saturated rings. The molecular weight excluding hydrogens is 319 g/mol. The number of nitrogens with one attached hydrogen (secondary N) is 1. The molecule has 2 aromatic rings. The molecule has 0 bridgehead atoms. The van der Waals surface area contributed by atoms with Gasteiger partial charge in [-0.3, -0.25) is 4.79 Å². The molecule has 0 saturated carbocycles. The molecule has 2 rings (SSSR count). The lowest BCUT2D eigenvalue weighted by molar-refractivity contribution is -0.137. The lowest BCUT2D eigenvalue weighted by Gasteiger charge is -2.17. The molecule has 0 aliphatic rings. The maximum absolute atomic E-state index is 12.8. The van der Waals surface area contributed by atoms with Crippen LogP contribution in [-0.2, 0) is 6.18 Å². The summed E-state index contributed by atoms with van der Waals surface area (Å²) in [6, 6.07) is 11.1. The third-order valence-electron chi connectivity index (χ3n) is 3.49. The van der Waals surface area contributed by atoms with Gasteiger partial charge in [0.1, 0.15) is 5.75 Å². The Kier molecular flexibility index (Phi) is 5.49. The Morgan fingerprint density at radius 3 is 2.54 bits per heavy atom. The van der Waals surface area contributed by atoms with Crippen LogP contribution in [0.3, 0.4) is 0 Å². The van der Waals surface area contributed by atoms with Gasteiger partial charge in [-0.2, -0.15) is 13.2 Å². The molecule has 0 radical (unpaired) electrons. The Balaban J connectivity index is 2.18. The van der Waals surface area contributed by atoms with Gasteiger partial charge >= 0.3 is 6.18 Å². The molecular formula is C18H18F3NO2. The molecule has 2 aromatic carbocycles. The predicted octanol–water partition coefficient (Wildman–Crippen LogP) is 4.60. The summed E-state index contributed by atoms with van der Waals surface area (Å²) >= 11 is 0. The van der Waals surface area contributed by atoms with Crippen molar-refractivity contribution in [3.63, 3.8) is 0 Å². The maximum Gasteiger partial charge on any atom is 0.416 e. The molecule has 128 valence electrons. The Morgan fingerprint density at radius 1 is 1.17 bits per heavy atom. The largest absolute Gasteiger partial charge is 0.493 e. The third kappa shape index (κ3) is 4.28. The van der Waals surface area contributed by atoms with E-state index in [1.807, 2.05) is 0 Å². The summed E-state index contributed by atoms with van der Waals surface area (Å²) in [6.07, 6.45) is -4.42. The molecule has 0 spiro atoms. The van der Waals surface area contributed by atoms with E-state index in [1.54, 1.807) is 44.2 Å². The molecule has 24 heavy (non-hydrogen) atoms. The van der Waals surface area contributed by atoms with Crippen molar-refractivity contribution in [2.75, 3.05) is 6.61 Å². The molecule has 1 amide bonds. The second kappa shape index (κ2) is 7.38. The summed E-state index contributed by atoms with van der Waals surface area (Å²) in [6.45, 7) is 3.85. The van der Waals surface area contributed by atoms with Crippen LogP contribution in [0.25, 0.3) is 0 Å². The van der Waals surface area contributed by atoms with Crippen molar-refractivity contribution in [3.8, 4) is 5.75 Å². The van der Waals surface area contributed by atoms with E-state index >= 15 is 0 Å². The number of hydrogen-bond donors (Lipinski definition) is 1. The Hall–Kier alpha value is -2.50. The Bertz CT molecular complexity index is 713. The van der Waals surface area contributed by atoms with Crippen LogP contribution in [0.5, 0.6) is 5.75 Å². The zero-order chi connectivity index (χ0) is 17.7. The van der Waals surface area contributed by atoms with Crippen molar-refractivity contribution in [2.45, 2.75) is 26.1 Å². The molecule has 0 heterocycles. The average Bonchev–Trinajstić information content (AvgIpc) is 2.55. The monoisotopic (exact) mass is 337 g/mol. The number of halogens is 3. The summed E-state index contributed by atoms with van der Waals surface area (Å²) in [5, 5.41) is 2.70. The van der Waals surface area contributed by atoms with Crippen molar-refractivity contribution in [1.82, 2.24) is 5.32 Å². The van der Waals surface area contributed by atoms with Crippen LogP contribution in [0.2, 0.25) is 0 Å². The first-order chi connectivity index (χ1) is 11.3. The van der Waals surface area contributed by atoms with Crippen molar-refractivity contribution < 1.29 is 22.7 Å². The van der Waals surface area contributed by atoms with E-state index in [1.165, 1.54) is 6.07 Å². The normalized spacial score (nSPS) is 12.5. The predicted molar refractivity (Wildman–Crippen MR) is 84.9 cm³/mol. The van der Waals surface area contributed by atoms with E-state index in [2.05, 4.69) is 5.32 Å². The minimum absolute atomic E-state index is 0.346. The number of alkyl halides is 3. The van der Waals surface area contributed by atoms with Gasteiger partial charge in [0.2, 0.25) is 0 Å². The Labute approximate surface area is 138 Å². The van der Waals surface area contributed by atoms with Crippen LogP contribution in [-0.4, -0.2) is 12.5 Å². The van der Waals surface area contributed by atoms with Gasteiger partial charge in [-0.25, -0.2) is 0 Å². The highest BCUT2D eigenvalue weighted by Crippen LogP contribution is 2.30. The molecule has 0 aromatic heterocycles. The van der Waals surface area contributed by atoms with Gasteiger partial charge in [0.25, 0.3) is 5.91 Å². The lowest BCUT2D eigenvalue weighted by atomic mass is 10.0. The number of para-hydroxylation sites is 1. The number of carbonyl (C=O) groups excluding carboxylic acids is 1. The number of ether oxygens (including phenoxy) is 1. The average molecular weight is 337 g/mol. The van der Waals surface area contributed by atoms with Gasteiger partial charge < -0.3 is 10.1 Å². The number of carbonyl (C=O) groups is 1. The summed E-state index contributed by atoms with van der Waals surface area (Å²) in [7, 11) is 0. The van der Waals surface area contributed by atoms with Crippen LogP contribution in [0.4, 0.5) is 13.2 Å². The van der Waals surface area contributed by atoms with E-state index in [0.29, 0.717) is 23.5 Å². The van der Waals surface area contributed by atoms with Gasteiger partial charge in [-0.05, 0) is 43.7 Å². The number of rotatable bonds is 5. The smallest absolute Gasteiger partial charge is 0.416 e. The van der Waals surface area contributed by atoms with Crippen LogP contribution < -0.4 is 10.1 Å². The van der Waals surface area contributed by atoms with Crippen LogP contribution in [0, 0.1) is 0 Å². The van der Waals surface area contributed by atoms with E-state index < -0.39 is 23.7 Å². The minimum Gasteiger partial charge on any atom is -0.493 e. The minimum atomic E-state index is -4.42. The second-order valence-corrected chi connectivity index (χ2v) is 5.25. The van der Waals surface area contributed by atoms with E-state index in [-0.39, 0.29) is 0 Å². The van der Waals surface area contributed by atoms with E-state index in [4.69, 9.17) is 4.74 Å². The molecule has 1 N–H and O–H groups in total. The first kappa shape index (κ1) is 17.8. The van der Waals surface area contributed by atoms with Crippen molar-refractivity contribution in [1.29, 1.82) is 0 Å². The number of hydrogen-bond acceptors (Lipinski definition) is 2. The zero-order valence-corrected chi connectivity index (χ0v) is 13.4. The zero-order valence-electron chi connectivity index (χ0n) is 13.4. The summed E-state index contributed by atoms with van der Waals surface area (Å²) in [4.78, 5) is 12.4. The summed E-state index contributed by atoms with van der Waals surface area (Å²) in [5.41, 5.74) is -0.0129. The molecule has 6 heteroatoms. The Morgan fingerprint density at radius 2 is 1.88 bits per heavy atom. The fourth-order valence-corrected chi connectivity index (χ4v) is 2.28. The second-order valence-electron chi connectivity index (χ2n) is 5.25. The molecule has 1 atom stereocenters. The van der Waals surface area contributed by atoms with Crippen LogP contribution in [0.15, 0.2) is 48.5 Å². The maximum atomic E-state index is 12.8. The molecule has 1 unspecified atom stereocenters. The topological polar surface area (TPSA) is 38.3 Å². The van der Waals surface area contributed by atoms with Crippen molar-refractivity contribution >= 4 is 5.91 Å². The van der Waals surface area contributed by atoms with Gasteiger partial charge in [-0.1, -0.05) is 24.3 Å². The lowest BCUT2D eigenvalue weighted by Crippen LogP contribution is -2.27.